The number of benzene rings is 2. The summed E-state index contributed by atoms with van der Waals surface area (Å²) >= 11 is 0. The Balaban J connectivity index is 1.02. The summed E-state index contributed by atoms with van der Waals surface area (Å²) in [6.07, 6.45) is -0.462. The number of piperidine rings is 2. The minimum absolute atomic E-state index is 0.0337. The molecule has 13 heteroatoms. The number of nitrogens with zero attached hydrogens (tertiary/aromatic N) is 4. The second kappa shape index (κ2) is 14.5. The number of esters is 1. The Hall–Kier alpha value is -4.91. The topological polar surface area (TPSA) is 110 Å². The zero-order chi connectivity index (χ0) is 33.7. The van der Waals surface area contributed by atoms with Crippen molar-refractivity contribution in [3.8, 4) is 0 Å². The van der Waals surface area contributed by atoms with Gasteiger partial charge in [0.15, 0.2) is 5.69 Å². The van der Waals surface area contributed by atoms with E-state index in [2.05, 4.69) is 20.2 Å². The van der Waals surface area contributed by atoms with Gasteiger partial charge in [0.2, 0.25) is 5.76 Å². The molecule has 2 saturated heterocycles. The average Bonchev–Trinajstić information content (AvgIpc) is 3.59. The van der Waals surface area contributed by atoms with Crippen LogP contribution in [0.25, 0.3) is 0 Å². The van der Waals surface area contributed by atoms with E-state index in [0.29, 0.717) is 50.1 Å². The summed E-state index contributed by atoms with van der Waals surface area (Å²) in [6, 6.07) is 20.2. The number of hydrogen-bond acceptors (Lipinski definition) is 9. The van der Waals surface area contributed by atoms with E-state index in [1.807, 2.05) is 36.4 Å². The number of halogens is 3. The molecule has 2 aromatic heterocycles. The number of nitrogens with one attached hydrogen (secondary N) is 1. The fraction of sp³-hybridized carbons (Fsp3) is 0.371. The van der Waals surface area contributed by atoms with E-state index in [9.17, 15) is 22.8 Å². The Morgan fingerprint density at radius 1 is 0.938 bits per heavy atom. The van der Waals surface area contributed by atoms with Gasteiger partial charge in [-0.05, 0) is 67.0 Å². The maximum absolute atomic E-state index is 13.9. The first kappa shape index (κ1) is 33.0. The maximum Gasteiger partial charge on any atom is 0.437 e. The summed E-state index contributed by atoms with van der Waals surface area (Å²) in [7, 11) is 1.34. The Morgan fingerprint density at radius 2 is 1.67 bits per heavy atom. The molecular formula is C35H36F3N5O5. The van der Waals surface area contributed by atoms with Crippen molar-refractivity contribution in [2.75, 3.05) is 48.4 Å². The molecule has 4 heterocycles. The highest BCUT2D eigenvalue weighted by Gasteiger charge is 2.42. The summed E-state index contributed by atoms with van der Waals surface area (Å²) < 4.78 is 58.1. The van der Waals surface area contributed by atoms with Crippen molar-refractivity contribution in [3.63, 3.8) is 0 Å². The van der Waals surface area contributed by atoms with E-state index in [0.717, 1.165) is 31.2 Å². The minimum Gasteiger partial charge on any atom is -0.465 e. The zero-order valence-corrected chi connectivity index (χ0v) is 26.4. The molecule has 0 saturated carbocycles. The van der Waals surface area contributed by atoms with Crippen molar-refractivity contribution >= 4 is 29.4 Å². The second-order valence-electron chi connectivity index (χ2n) is 11.9. The zero-order valence-electron chi connectivity index (χ0n) is 26.4. The van der Waals surface area contributed by atoms with Crippen molar-refractivity contribution in [2.45, 2.75) is 50.5 Å². The molecular weight excluding hydrogens is 627 g/mol. The number of ether oxygens (including phenoxy) is 2. The first-order valence-corrected chi connectivity index (χ1v) is 15.9. The molecule has 1 N–H and O–H groups in total. The highest BCUT2D eigenvalue weighted by atomic mass is 19.4. The molecule has 4 aromatic rings. The highest BCUT2D eigenvalue weighted by molar-refractivity contribution is 6.03. The van der Waals surface area contributed by atoms with Crippen LogP contribution in [-0.4, -0.2) is 61.2 Å². The number of pyridine rings is 1. The maximum atomic E-state index is 13.9. The van der Waals surface area contributed by atoms with E-state index in [1.54, 1.807) is 35.2 Å². The first-order chi connectivity index (χ1) is 23.2. The fourth-order valence-corrected chi connectivity index (χ4v) is 6.13. The smallest absolute Gasteiger partial charge is 0.437 e. The van der Waals surface area contributed by atoms with Crippen molar-refractivity contribution in [1.29, 1.82) is 0 Å². The number of amides is 1. The fourth-order valence-electron chi connectivity index (χ4n) is 6.13. The van der Waals surface area contributed by atoms with Gasteiger partial charge in [0.05, 0.1) is 37.3 Å². The van der Waals surface area contributed by atoms with Crippen molar-refractivity contribution in [2.24, 2.45) is 0 Å². The van der Waals surface area contributed by atoms with Crippen LogP contribution < -0.4 is 15.1 Å². The van der Waals surface area contributed by atoms with E-state index >= 15 is 0 Å². The molecule has 48 heavy (non-hydrogen) atoms. The van der Waals surface area contributed by atoms with E-state index in [-0.39, 0.29) is 17.8 Å². The number of carbonyl (C=O) groups is 2. The molecule has 1 amide bonds. The molecule has 2 aromatic carbocycles. The lowest BCUT2D eigenvalue weighted by molar-refractivity contribution is -0.141. The number of aromatic nitrogens is 2. The SMILES string of the molecule is COC(=O)c1cccc(COC2CCN(c3ccc(NC(=O)c4oc(N5CCC(c6ccccc6)CC5)nc4C(F)(F)F)cn3)CC2)c1. The van der Waals surface area contributed by atoms with Crippen LogP contribution in [0.2, 0.25) is 0 Å². The molecule has 2 fully saturated rings. The van der Waals surface area contributed by atoms with Crippen molar-refractivity contribution in [1.82, 2.24) is 9.97 Å². The quantitative estimate of drug-likeness (QED) is 0.196. The summed E-state index contributed by atoms with van der Waals surface area (Å²) in [5, 5.41) is 2.48. The molecule has 0 aliphatic carbocycles. The summed E-state index contributed by atoms with van der Waals surface area (Å²) in [5.74, 6) is -1.36. The van der Waals surface area contributed by atoms with Gasteiger partial charge in [-0.1, -0.05) is 42.5 Å². The lowest BCUT2D eigenvalue weighted by Gasteiger charge is -2.32. The first-order valence-electron chi connectivity index (χ1n) is 15.9. The molecule has 2 aliphatic rings. The molecule has 252 valence electrons. The Labute approximate surface area is 275 Å². The number of hydrogen-bond donors (Lipinski definition) is 1. The molecule has 0 spiro atoms. The number of anilines is 3. The molecule has 6 rings (SSSR count). The van der Waals surface area contributed by atoms with Crippen LogP contribution in [0.15, 0.2) is 77.3 Å². The number of carbonyl (C=O) groups excluding carboxylic acids is 2. The van der Waals surface area contributed by atoms with Gasteiger partial charge in [-0.2, -0.15) is 18.2 Å². The van der Waals surface area contributed by atoms with Crippen LogP contribution in [-0.2, 0) is 22.3 Å². The number of methoxy groups -OCH3 is 1. The van der Waals surface area contributed by atoms with Crippen LogP contribution in [0.5, 0.6) is 0 Å². The van der Waals surface area contributed by atoms with Crippen LogP contribution in [0.1, 0.15) is 69.3 Å². The predicted octanol–water partition coefficient (Wildman–Crippen LogP) is 6.70. The standard InChI is InChI=1S/C35H36F3N5O5/c1-46-33(45)26-9-5-6-23(20-26)22-47-28-14-18-42(19-15-28)29-11-10-27(21-39-29)40-32(44)30-31(35(36,37)38)41-34(48-30)43-16-12-25(13-17-43)24-7-3-2-4-8-24/h2-11,20-21,25,28H,12-19,22H2,1H3,(H,40,44). The normalized spacial score (nSPS) is 16.2. The van der Waals surface area contributed by atoms with E-state index in [1.165, 1.54) is 18.9 Å². The second-order valence-corrected chi connectivity index (χ2v) is 11.9. The lowest BCUT2D eigenvalue weighted by atomic mass is 9.90. The molecule has 10 nitrogen and oxygen atoms in total. The Kier molecular flexibility index (Phi) is 9.95. The summed E-state index contributed by atoms with van der Waals surface area (Å²) in [4.78, 5) is 36.7. The third kappa shape index (κ3) is 7.79. The van der Waals surface area contributed by atoms with Crippen molar-refractivity contribution < 1.29 is 36.7 Å². The Morgan fingerprint density at radius 3 is 2.33 bits per heavy atom. The van der Waals surface area contributed by atoms with Gasteiger partial charge in [-0.3, -0.25) is 4.79 Å². The van der Waals surface area contributed by atoms with Crippen molar-refractivity contribution in [3.05, 3.63) is 101 Å². The number of alkyl halides is 3. The van der Waals surface area contributed by atoms with Crippen LogP contribution >= 0.6 is 0 Å². The molecule has 0 bridgehead atoms. The third-order valence-corrected chi connectivity index (χ3v) is 8.73. The predicted molar refractivity (Wildman–Crippen MR) is 172 cm³/mol. The summed E-state index contributed by atoms with van der Waals surface area (Å²) in [6.45, 7) is 2.65. The van der Waals surface area contributed by atoms with Crippen LogP contribution in [0.3, 0.4) is 0 Å². The van der Waals surface area contributed by atoms with Crippen LogP contribution in [0, 0.1) is 0 Å². The Bertz CT molecular complexity index is 1700. The van der Waals surface area contributed by atoms with Gasteiger partial charge < -0.3 is 29.0 Å². The molecule has 2 aliphatic heterocycles. The average molecular weight is 664 g/mol. The molecule has 0 radical (unpaired) electrons. The van der Waals surface area contributed by atoms with Gasteiger partial charge in [0.1, 0.15) is 5.82 Å². The lowest BCUT2D eigenvalue weighted by Crippen LogP contribution is -2.37. The van der Waals surface area contributed by atoms with E-state index < -0.39 is 29.5 Å². The largest absolute Gasteiger partial charge is 0.465 e. The molecule has 0 atom stereocenters. The number of rotatable bonds is 9. The van der Waals surface area contributed by atoms with Gasteiger partial charge in [0, 0.05) is 26.2 Å². The minimum atomic E-state index is -4.87. The van der Waals surface area contributed by atoms with Gasteiger partial charge in [0.25, 0.3) is 11.9 Å². The van der Waals surface area contributed by atoms with Gasteiger partial charge >= 0.3 is 12.1 Å². The highest BCUT2D eigenvalue weighted by Crippen LogP contribution is 2.36. The van der Waals surface area contributed by atoms with Crippen LogP contribution in [0.4, 0.5) is 30.7 Å². The molecule has 0 unspecified atom stereocenters. The third-order valence-electron chi connectivity index (χ3n) is 8.73. The van der Waals surface area contributed by atoms with E-state index in [4.69, 9.17) is 13.9 Å². The van der Waals surface area contributed by atoms with Gasteiger partial charge in [-0.25, -0.2) is 9.78 Å². The summed E-state index contributed by atoms with van der Waals surface area (Å²) in [5.41, 5.74) is 1.42. The monoisotopic (exact) mass is 663 g/mol. The number of oxazole rings is 1. The van der Waals surface area contributed by atoms with Gasteiger partial charge in [-0.15, -0.1) is 0 Å².